The van der Waals surface area contributed by atoms with Gasteiger partial charge in [0.15, 0.2) is 0 Å². The second-order valence-electron chi connectivity index (χ2n) is 5.01. The number of benzene rings is 1. The molecule has 0 radical (unpaired) electrons. The van der Waals surface area contributed by atoms with Crippen molar-refractivity contribution in [2.45, 2.75) is 44.1 Å². The van der Waals surface area contributed by atoms with Crippen LogP contribution in [-0.4, -0.2) is 23.8 Å². The maximum atomic E-state index is 12.8. The number of carboxylic acids is 1. The summed E-state index contributed by atoms with van der Waals surface area (Å²) < 4.78 is 18.4. The van der Waals surface area contributed by atoms with Gasteiger partial charge in [0, 0.05) is 6.61 Å². The summed E-state index contributed by atoms with van der Waals surface area (Å²) in [6, 6.07) is 5.73. The fourth-order valence-corrected chi connectivity index (χ4v) is 2.55. The summed E-state index contributed by atoms with van der Waals surface area (Å²) >= 11 is 0. The Bertz CT molecular complexity index is 410. The lowest BCUT2D eigenvalue weighted by atomic mass is 9.93. The Morgan fingerprint density at radius 1 is 1.42 bits per heavy atom. The van der Waals surface area contributed by atoms with Crippen molar-refractivity contribution in [3.05, 3.63) is 35.6 Å². The Morgan fingerprint density at radius 3 is 2.74 bits per heavy atom. The maximum absolute atomic E-state index is 12.8. The van der Waals surface area contributed by atoms with Crippen LogP contribution < -0.4 is 0 Å². The summed E-state index contributed by atoms with van der Waals surface area (Å²) in [7, 11) is 0. The summed E-state index contributed by atoms with van der Waals surface area (Å²) in [5.41, 5.74) is 0.668. The van der Waals surface area contributed by atoms with Crippen LogP contribution in [0.25, 0.3) is 0 Å². The van der Waals surface area contributed by atoms with Crippen LogP contribution in [0.1, 0.15) is 43.6 Å². The number of ether oxygens (including phenoxy) is 1. The molecule has 0 aliphatic carbocycles. The van der Waals surface area contributed by atoms with Gasteiger partial charge in [0.05, 0.1) is 12.0 Å². The summed E-state index contributed by atoms with van der Waals surface area (Å²) in [5, 5.41) is 9.26. The van der Waals surface area contributed by atoms with Crippen molar-refractivity contribution in [1.29, 1.82) is 0 Å². The van der Waals surface area contributed by atoms with Crippen LogP contribution in [0.3, 0.4) is 0 Å². The van der Waals surface area contributed by atoms with Crippen LogP contribution in [0.2, 0.25) is 0 Å². The Balaban J connectivity index is 1.88. The minimum atomic E-state index is -0.848. The van der Waals surface area contributed by atoms with Crippen molar-refractivity contribution in [2.24, 2.45) is 0 Å². The predicted molar refractivity (Wildman–Crippen MR) is 69.6 cm³/mol. The Labute approximate surface area is 112 Å². The van der Waals surface area contributed by atoms with E-state index in [1.54, 1.807) is 12.1 Å². The van der Waals surface area contributed by atoms with E-state index in [0.29, 0.717) is 18.1 Å². The van der Waals surface area contributed by atoms with Gasteiger partial charge in [-0.2, -0.15) is 0 Å². The first-order valence-corrected chi connectivity index (χ1v) is 6.76. The third-order valence-electron chi connectivity index (χ3n) is 3.61. The smallest absolute Gasteiger partial charge is 0.310 e. The molecule has 1 aromatic rings. The minimum Gasteiger partial charge on any atom is -0.481 e. The molecule has 1 aliphatic rings. The van der Waals surface area contributed by atoms with E-state index >= 15 is 0 Å². The normalized spacial score (nSPS) is 20.4. The third-order valence-corrected chi connectivity index (χ3v) is 3.61. The van der Waals surface area contributed by atoms with Gasteiger partial charge in [-0.3, -0.25) is 4.79 Å². The van der Waals surface area contributed by atoms with Crippen LogP contribution >= 0.6 is 0 Å². The molecule has 0 bridgehead atoms. The Morgan fingerprint density at radius 2 is 2.16 bits per heavy atom. The molecule has 0 amide bonds. The molecule has 0 saturated carbocycles. The molecule has 3 nitrogen and oxygen atoms in total. The van der Waals surface area contributed by atoms with Gasteiger partial charge in [-0.05, 0) is 49.8 Å². The van der Waals surface area contributed by atoms with Gasteiger partial charge in [-0.25, -0.2) is 4.39 Å². The SMILES string of the molecule is O=C(O)C(CCCC1CCCO1)c1ccc(F)cc1. The van der Waals surface area contributed by atoms with E-state index in [-0.39, 0.29) is 5.82 Å². The largest absolute Gasteiger partial charge is 0.481 e. The highest BCUT2D eigenvalue weighted by molar-refractivity contribution is 5.75. The standard InChI is InChI=1S/C15H19FO3/c16-12-8-6-11(7-9-12)14(15(17)18)5-1-3-13-4-2-10-19-13/h6-9,13-14H,1-5,10H2,(H,17,18). The summed E-state index contributed by atoms with van der Waals surface area (Å²) in [5.74, 6) is -1.74. The van der Waals surface area contributed by atoms with Gasteiger partial charge >= 0.3 is 5.97 Å². The van der Waals surface area contributed by atoms with E-state index < -0.39 is 11.9 Å². The third kappa shape index (κ3) is 4.03. The number of aliphatic carboxylic acids is 1. The van der Waals surface area contributed by atoms with Gasteiger partial charge in [-0.1, -0.05) is 12.1 Å². The molecule has 19 heavy (non-hydrogen) atoms. The summed E-state index contributed by atoms with van der Waals surface area (Å²) in [6.45, 7) is 0.824. The second-order valence-corrected chi connectivity index (χ2v) is 5.01. The molecule has 2 unspecified atom stereocenters. The van der Waals surface area contributed by atoms with Gasteiger partial charge in [0.2, 0.25) is 0 Å². The van der Waals surface area contributed by atoms with Crippen LogP contribution in [0, 0.1) is 5.82 Å². The van der Waals surface area contributed by atoms with Crippen molar-refractivity contribution in [3.8, 4) is 0 Å². The lowest BCUT2D eigenvalue weighted by Gasteiger charge is -2.14. The lowest BCUT2D eigenvalue weighted by Crippen LogP contribution is -2.13. The Hall–Kier alpha value is -1.42. The predicted octanol–water partition coefficient (Wildman–Crippen LogP) is 3.34. The number of rotatable bonds is 6. The fraction of sp³-hybridized carbons (Fsp3) is 0.533. The number of carbonyl (C=O) groups is 1. The molecular weight excluding hydrogens is 247 g/mol. The van der Waals surface area contributed by atoms with Crippen LogP contribution in [-0.2, 0) is 9.53 Å². The molecule has 4 heteroatoms. The van der Waals surface area contributed by atoms with Gasteiger partial charge in [-0.15, -0.1) is 0 Å². The molecule has 104 valence electrons. The van der Waals surface area contributed by atoms with E-state index in [9.17, 15) is 14.3 Å². The molecule has 1 heterocycles. The molecule has 2 rings (SSSR count). The zero-order chi connectivity index (χ0) is 13.7. The molecule has 1 fully saturated rings. The number of hydrogen-bond donors (Lipinski definition) is 1. The van der Waals surface area contributed by atoms with E-state index in [0.717, 1.165) is 32.3 Å². The topological polar surface area (TPSA) is 46.5 Å². The van der Waals surface area contributed by atoms with Crippen LogP contribution in [0.4, 0.5) is 4.39 Å². The van der Waals surface area contributed by atoms with Crippen molar-refractivity contribution in [1.82, 2.24) is 0 Å². The van der Waals surface area contributed by atoms with Gasteiger partial charge in [0.25, 0.3) is 0 Å². The van der Waals surface area contributed by atoms with E-state index in [4.69, 9.17) is 4.74 Å². The average molecular weight is 266 g/mol. The van der Waals surface area contributed by atoms with Crippen molar-refractivity contribution >= 4 is 5.97 Å². The Kier molecular flexibility index (Phi) is 4.91. The molecule has 0 spiro atoms. The lowest BCUT2D eigenvalue weighted by molar-refractivity contribution is -0.139. The number of halogens is 1. The number of hydrogen-bond acceptors (Lipinski definition) is 2. The first-order chi connectivity index (χ1) is 9.16. The zero-order valence-corrected chi connectivity index (χ0v) is 10.8. The first kappa shape index (κ1) is 14.0. The van der Waals surface area contributed by atoms with Crippen LogP contribution in [0.15, 0.2) is 24.3 Å². The molecule has 1 aromatic carbocycles. The first-order valence-electron chi connectivity index (χ1n) is 6.76. The quantitative estimate of drug-likeness (QED) is 0.859. The fourth-order valence-electron chi connectivity index (χ4n) is 2.55. The monoisotopic (exact) mass is 266 g/mol. The van der Waals surface area contributed by atoms with Crippen molar-refractivity contribution in [2.75, 3.05) is 6.61 Å². The highest BCUT2D eigenvalue weighted by atomic mass is 19.1. The maximum Gasteiger partial charge on any atom is 0.310 e. The van der Waals surface area contributed by atoms with Crippen molar-refractivity contribution in [3.63, 3.8) is 0 Å². The second kappa shape index (κ2) is 6.66. The highest BCUT2D eigenvalue weighted by Gasteiger charge is 2.21. The van der Waals surface area contributed by atoms with E-state index in [1.807, 2.05) is 0 Å². The van der Waals surface area contributed by atoms with Gasteiger partial charge < -0.3 is 9.84 Å². The highest BCUT2D eigenvalue weighted by Crippen LogP contribution is 2.25. The molecule has 0 aromatic heterocycles. The molecular formula is C15H19FO3. The minimum absolute atomic E-state index is 0.294. The molecule has 1 aliphatic heterocycles. The number of carboxylic acid groups (broad SMARTS) is 1. The van der Waals surface area contributed by atoms with Crippen molar-refractivity contribution < 1.29 is 19.0 Å². The summed E-state index contributed by atoms with van der Waals surface area (Å²) in [4.78, 5) is 11.3. The molecule has 2 atom stereocenters. The zero-order valence-electron chi connectivity index (χ0n) is 10.8. The van der Waals surface area contributed by atoms with E-state index in [2.05, 4.69) is 0 Å². The molecule has 1 saturated heterocycles. The van der Waals surface area contributed by atoms with E-state index in [1.165, 1.54) is 12.1 Å². The van der Waals surface area contributed by atoms with Crippen LogP contribution in [0.5, 0.6) is 0 Å². The molecule has 1 N–H and O–H groups in total. The van der Waals surface area contributed by atoms with Gasteiger partial charge in [0.1, 0.15) is 5.82 Å². The average Bonchev–Trinajstić information content (AvgIpc) is 2.89. The summed E-state index contributed by atoms with van der Waals surface area (Å²) in [6.07, 6.45) is 4.77.